The SMILES string of the molecule is COc1ccc(CC(=O)N2CCN(CC(=O)N3CCN(C4CCC4)CC3)CC2)cc1OC. The second-order valence-corrected chi connectivity index (χ2v) is 9.02. The van der Waals surface area contributed by atoms with Crippen LogP contribution in [0.1, 0.15) is 24.8 Å². The van der Waals surface area contributed by atoms with Crippen LogP contribution < -0.4 is 9.47 Å². The lowest BCUT2D eigenvalue weighted by molar-refractivity contribution is -0.136. The molecule has 0 atom stereocenters. The van der Waals surface area contributed by atoms with Crippen molar-refractivity contribution in [2.75, 3.05) is 73.1 Å². The maximum absolute atomic E-state index is 12.8. The normalized spacial score (nSPS) is 20.7. The zero-order valence-electron chi connectivity index (χ0n) is 19.4. The number of amides is 2. The van der Waals surface area contributed by atoms with Gasteiger partial charge in [-0.2, -0.15) is 0 Å². The van der Waals surface area contributed by atoms with Crippen LogP contribution in [0.15, 0.2) is 18.2 Å². The molecular weight excluding hydrogens is 408 g/mol. The van der Waals surface area contributed by atoms with Crippen LogP contribution in [-0.4, -0.2) is 111 Å². The maximum atomic E-state index is 12.8. The van der Waals surface area contributed by atoms with Crippen molar-refractivity contribution in [2.24, 2.45) is 0 Å². The van der Waals surface area contributed by atoms with E-state index < -0.39 is 0 Å². The van der Waals surface area contributed by atoms with Gasteiger partial charge >= 0.3 is 0 Å². The van der Waals surface area contributed by atoms with Crippen LogP contribution in [-0.2, 0) is 16.0 Å². The summed E-state index contributed by atoms with van der Waals surface area (Å²) in [4.78, 5) is 34.2. The van der Waals surface area contributed by atoms with E-state index in [1.54, 1.807) is 14.2 Å². The molecule has 1 aliphatic carbocycles. The Labute approximate surface area is 191 Å². The van der Waals surface area contributed by atoms with Crippen molar-refractivity contribution < 1.29 is 19.1 Å². The van der Waals surface area contributed by atoms with Crippen molar-refractivity contribution in [3.63, 3.8) is 0 Å². The first-order chi connectivity index (χ1) is 15.6. The van der Waals surface area contributed by atoms with Crippen molar-refractivity contribution in [1.29, 1.82) is 0 Å². The Kier molecular flexibility index (Phi) is 7.52. The van der Waals surface area contributed by atoms with E-state index in [9.17, 15) is 9.59 Å². The highest BCUT2D eigenvalue weighted by atomic mass is 16.5. The highest BCUT2D eigenvalue weighted by Gasteiger charge is 2.30. The molecule has 1 saturated carbocycles. The van der Waals surface area contributed by atoms with Gasteiger partial charge in [-0.3, -0.25) is 19.4 Å². The molecular formula is C24H36N4O4. The molecule has 8 nitrogen and oxygen atoms in total. The average molecular weight is 445 g/mol. The van der Waals surface area contributed by atoms with Gasteiger partial charge in [-0.25, -0.2) is 0 Å². The van der Waals surface area contributed by atoms with E-state index in [4.69, 9.17) is 9.47 Å². The summed E-state index contributed by atoms with van der Waals surface area (Å²) in [7, 11) is 3.19. The van der Waals surface area contributed by atoms with Gasteiger partial charge in [-0.1, -0.05) is 12.5 Å². The van der Waals surface area contributed by atoms with Crippen LogP contribution in [0, 0.1) is 0 Å². The van der Waals surface area contributed by atoms with Gasteiger partial charge in [-0.05, 0) is 30.5 Å². The number of carbonyl (C=O) groups excluding carboxylic acids is 2. The quantitative estimate of drug-likeness (QED) is 0.627. The number of nitrogens with zero attached hydrogens (tertiary/aromatic N) is 4. The molecule has 0 unspecified atom stereocenters. The van der Waals surface area contributed by atoms with Crippen molar-refractivity contribution >= 4 is 11.8 Å². The predicted molar refractivity (Wildman–Crippen MR) is 122 cm³/mol. The highest BCUT2D eigenvalue weighted by Crippen LogP contribution is 2.28. The Hall–Kier alpha value is -2.32. The van der Waals surface area contributed by atoms with E-state index in [-0.39, 0.29) is 11.8 Å². The minimum absolute atomic E-state index is 0.107. The molecule has 4 rings (SSSR count). The summed E-state index contributed by atoms with van der Waals surface area (Å²) in [6.07, 6.45) is 4.34. The van der Waals surface area contributed by atoms with Crippen molar-refractivity contribution in [3.8, 4) is 11.5 Å². The maximum Gasteiger partial charge on any atom is 0.236 e. The molecule has 0 aromatic heterocycles. The zero-order chi connectivity index (χ0) is 22.5. The number of benzene rings is 1. The van der Waals surface area contributed by atoms with E-state index in [0.29, 0.717) is 37.6 Å². The number of ether oxygens (including phenoxy) is 2. The molecule has 2 amide bonds. The smallest absolute Gasteiger partial charge is 0.236 e. The Morgan fingerprint density at radius 2 is 1.47 bits per heavy atom. The second kappa shape index (κ2) is 10.5. The molecule has 3 fully saturated rings. The molecule has 2 saturated heterocycles. The van der Waals surface area contributed by atoms with Gasteiger partial charge in [0.2, 0.25) is 11.8 Å². The lowest BCUT2D eigenvalue weighted by atomic mass is 9.91. The molecule has 176 valence electrons. The third kappa shape index (κ3) is 5.35. The van der Waals surface area contributed by atoms with E-state index >= 15 is 0 Å². The van der Waals surface area contributed by atoms with Crippen LogP contribution >= 0.6 is 0 Å². The molecule has 2 aliphatic heterocycles. The molecule has 0 N–H and O–H groups in total. The number of carbonyl (C=O) groups is 2. The topological polar surface area (TPSA) is 65.6 Å². The number of rotatable bonds is 7. The highest BCUT2D eigenvalue weighted by molar-refractivity contribution is 5.80. The van der Waals surface area contributed by atoms with Crippen LogP contribution in [0.2, 0.25) is 0 Å². The number of piperazine rings is 2. The summed E-state index contributed by atoms with van der Waals surface area (Å²) < 4.78 is 10.6. The summed E-state index contributed by atoms with van der Waals surface area (Å²) in [6.45, 7) is 6.98. The van der Waals surface area contributed by atoms with E-state index in [1.165, 1.54) is 19.3 Å². The number of hydrogen-bond acceptors (Lipinski definition) is 6. The third-order valence-electron chi connectivity index (χ3n) is 7.15. The Balaban J connectivity index is 1.19. The fraction of sp³-hybridized carbons (Fsp3) is 0.667. The monoisotopic (exact) mass is 444 g/mol. The van der Waals surface area contributed by atoms with Crippen LogP contribution in [0.5, 0.6) is 11.5 Å². The largest absolute Gasteiger partial charge is 0.493 e. The molecule has 0 spiro atoms. The molecule has 32 heavy (non-hydrogen) atoms. The minimum atomic E-state index is 0.107. The Bertz CT molecular complexity index is 797. The molecule has 1 aromatic rings. The van der Waals surface area contributed by atoms with Gasteiger partial charge in [-0.15, -0.1) is 0 Å². The standard InChI is InChI=1S/C24H36N4O4/c1-31-21-7-6-19(16-22(21)32-2)17-23(29)27-10-8-25(9-11-27)18-24(30)28-14-12-26(13-15-28)20-4-3-5-20/h6-7,16,20H,3-5,8-15,17-18H2,1-2H3. The van der Waals surface area contributed by atoms with Crippen LogP contribution in [0.4, 0.5) is 0 Å². The summed E-state index contributed by atoms with van der Waals surface area (Å²) in [5.41, 5.74) is 0.909. The van der Waals surface area contributed by atoms with Crippen LogP contribution in [0.3, 0.4) is 0 Å². The van der Waals surface area contributed by atoms with E-state index in [0.717, 1.165) is 50.9 Å². The van der Waals surface area contributed by atoms with Gasteiger partial charge in [0.1, 0.15) is 0 Å². The van der Waals surface area contributed by atoms with Gasteiger partial charge in [0.05, 0.1) is 27.2 Å². The van der Waals surface area contributed by atoms with Gasteiger partial charge in [0.15, 0.2) is 11.5 Å². The average Bonchev–Trinajstić information content (AvgIpc) is 2.78. The molecule has 0 radical (unpaired) electrons. The minimum Gasteiger partial charge on any atom is -0.493 e. The van der Waals surface area contributed by atoms with Crippen molar-refractivity contribution in [3.05, 3.63) is 23.8 Å². The predicted octanol–water partition coefficient (Wildman–Crippen LogP) is 1.09. The Morgan fingerprint density at radius 1 is 0.844 bits per heavy atom. The van der Waals surface area contributed by atoms with Crippen molar-refractivity contribution in [2.45, 2.75) is 31.7 Å². The number of hydrogen-bond donors (Lipinski definition) is 0. The van der Waals surface area contributed by atoms with E-state index in [1.807, 2.05) is 28.0 Å². The zero-order valence-corrected chi connectivity index (χ0v) is 19.4. The third-order valence-corrected chi connectivity index (χ3v) is 7.15. The summed E-state index contributed by atoms with van der Waals surface area (Å²) in [5.74, 6) is 1.62. The Morgan fingerprint density at radius 3 is 2.06 bits per heavy atom. The van der Waals surface area contributed by atoms with Gasteiger partial charge < -0.3 is 19.3 Å². The lowest BCUT2D eigenvalue weighted by Gasteiger charge is -2.43. The van der Waals surface area contributed by atoms with E-state index in [2.05, 4.69) is 9.80 Å². The molecule has 8 heteroatoms. The molecule has 1 aromatic carbocycles. The molecule has 3 aliphatic rings. The summed E-state index contributed by atoms with van der Waals surface area (Å²) in [6, 6.07) is 6.35. The molecule has 0 bridgehead atoms. The lowest BCUT2D eigenvalue weighted by Crippen LogP contribution is -2.56. The first-order valence-electron chi connectivity index (χ1n) is 11.8. The first kappa shape index (κ1) is 22.9. The summed E-state index contributed by atoms with van der Waals surface area (Å²) >= 11 is 0. The molecule has 2 heterocycles. The summed E-state index contributed by atoms with van der Waals surface area (Å²) in [5, 5.41) is 0. The second-order valence-electron chi connectivity index (χ2n) is 9.02. The van der Waals surface area contributed by atoms with Crippen LogP contribution in [0.25, 0.3) is 0 Å². The number of methoxy groups -OCH3 is 2. The van der Waals surface area contributed by atoms with Gasteiger partial charge in [0.25, 0.3) is 0 Å². The van der Waals surface area contributed by atoms with Gasteiger partial charge in [0, 0.05) is 58.4 Å². The fourth-order valence-electron chi connectivity index (χ4n) is 4.81. The first-order valence-corrected chi connectivity index (χ1v) is 11.8. The van der Waals surface area contributed by atoms with Crippen molar-refractivity contribution in [1.82, 2.24) is 19.6 Å². The fourth-order valence-corrected chi connectivity index (χ4v) is 4.81.